The maximum absolute atomic E-state index is 12.7. The molecule has 6 heteroatoms. The molecular formula is C15H20N2O2S2. The van der Waals surface area contributed by atoms with E-state index in [1.54, 1.807) is 6.07 Å². The van der Waals surface area contributed by atoms with Crippen molar-refractivity contribution in [2.75, 3.05) is 13.1 Å². The lowest BCUT2D eigenvalue weighted by molar-refractivity contribution is 0.431. The van der Waals surface area contributed by atoms with Crippen LogP contribution in [0.3, 0.4) is 0 Å². The lowest BCUT2D eigenvalue weighted by atomic mass is 10.4. The van der Waals surface area contributed by atoms with Crippen molar-refractivity contribution in [3.63, 3.8) is 0 Å². The van der Waals surface area contributed by atoms with Crippen LogP contribution in [0.15, 0.2) is 16.3 Å². The van der Waals surface area contributed by atoms with Crippen molar-refractivity contribution >= 4 is 21.4 Å². The molecule has 1 aromatic heterocycles. The Hall–Kier alpha value is -0.870. The second-order valence-corrected chi connectivity index (χ2v) is 9.15. The first-order chi connectivity index (χ1) is 10.1. The van der Waals surface area contributed by atoms with Crippen molar-refractivity contribution < 1.29 is 8.42 Å². The molecule has 0 spiro atoms. The van der Waals surface area contributed by atoms with Crippen LogP contribution in [0.4, 0.5) is 0 Å². The van der Waals surface area contributed by atoms with E-state index in [2.05, 4.69) is 11.2 Å². The topological polar surface area (TPSA) is 49.4 Å². The quantitative estimate of drug-likeness (QED) is 0.745. The molecular weight excluding hydrogens is 304 g/mol. The van der Waals surface area contributed by atoms with Gasteiger partial charge in [-0.3, -0.25) is 0 Å². The molecule has 3 rings (SSSR count). The maximum atomic E-state index is 12.7. The Labute approximate surface area is 130 Å². The molecule has 2 saturated carbocycles. The summed E-state index contributed by atoms with van der Waals surface area (Å²) in [4.78, 5) is 1.06. The van der Waals surface area contributed by atoms with E-state index in [1.807, 2.05) is 6.07 Å². The standard InChI is InChI=1S/C15H20N2O2S2/c1-2-9-17(11-12-3-4-12)21(18,19)15-8-7-14(20-15)10-16-13-5-6-13/h1,7-8,12-13,16H,3-6,9-11H2. The van der Waals surface area contributed by atoms with E-state index < -0.39 is 10.0 Å². The number of rotatable bonds is 8. The molecule has 0 amide bonds. The van der Waals surface area contributed by atoms with Gasteiger partial charge in [0.25, 0.3) is 10.0 Å². The first kappa shape index (κ1) is 15.0. The van der Waals surface area contributed by atoms with Gasteiger partial charge in [0.05, 0.1) is 6.54 Å². The molecule has 0 radical (unpaired) electrons. The number of hydrogen-bond acceptors (Lipinski definition) is 4. The van der Waals surface area contributed by atoms with Crippen LogP contribution in [0.1, 0.15) is 30.6 Å². The number of nitrogens with one attached hydrogen (secondary N) is 1. The van der Waals surface area contributed by atoms with E-state index >= 15 is 0 Å². The number of hydrogen-bond donors (Lipinski definition) is 1. The smallest absolute Gasteiger partial charge is 0.253 e. The lowest BCUT2D eigenvalue weighted by Crippen LogP contribution is -2.32. The summed E-state index contributed by atoms with van der Waals surface area (Å²) in [6.07, 6.45) is 10.0. The minimum absolute atomic E-state index is 0.159. The molecule has 0 aliphatic heterocycles. The van der Waals surface area contributed by atoms with Gasteiger partial charge in [-0.05, 0) is 43.7 Å². The molecule has 21 heavy (non-hydrogen) atoms. The fourth-order valence-electron chi connectivity index (χ4n) is 2.19. The van der Waals surface area contributed by atoms with E-state index in [0.29, 0.717) is 22.7 Å². The summed E-state index contributed by atoms with van der Waals surface area (Å²) < 4.78 is 27.2. The van der Waals surface area contributed by atoms with Gasteiger partial charge in [0.15, 0.2) is 0 Å². The van der Waals surface area contributed by atoms with Crippen molar-refractivity contribution in [2.45, 2.75) is 42.5 Å². The van der Waals surface area contributed by atoms with Crippen LogP contribution in [0.25, 0.3) is 0 Å². The number of terminal acetylenes is 1. The Morgan fingerprint density at radius 2 is 2.10 bits per heavy atom. The van der Waals surface area contributed by atoms with Gasteiger partial charge in [-0.15, -0.1) is 17.8 Å². The molecule has 2 aliphatic carbocycles. The molecule has 1 N–H and O–H groups in total. The molecule has 0 saturated heterocycles. The molecule has 0 bridgehead atoms. The third-order valence-corrected chi connectivity index (χ3v) is 7.16. The molecule has 0 unspecified atom stereocenters. The molecule has 2 aliphatic rings. The average molecular weight is 324 g/mol. The zero-order valence-corrected chi connectivity index (χ0v) is 13.5. The largest absolute Gasteiger partial charge is 0.309 e. The summed E-state index contributed by atoms with van der Waals surface area (Å²) in [5.74, 6) is 2.96. The van der Waals surface area contributed by atoms with Crippen LogP contribution >= 0.6 is 11.3 Å². The van der Waals surface area contributed by atoms with E-state index in [4.69, 9.17) is 6.42 Å². The first-order valence-corrected chi connectivity index (χ1v) is 9.61. The van der Waals surface area contributed by atoms with Gasteiger partial charge in [-0.25, -0.2) is 8.42 Å². The van der Waals surface area contributed by atoms with E-state index in [9.17, 15) is 8.42 Å². The highest BCUT2D eigenvalue weighted by Gasteiger charge is 2.32. The van der Waals surface area contributed by atoms with Crippen LogP contribution in [-0.4, -0.2) is 31.9 Å². The minimum Gasteiger partial charge on any atom is -0.309 e. The van der Waals surface area contributed by atoms with Crippen LogP contribution in [0.2, 0.25) is 0 Å². The summed E-state index contributed by atoms with van der Waals surface area (Å²) in [6, 6.07) is 4.23. The van der Waals surface area contributed by atoms with Gasteiger partial charge in [0.1, 0.15) is 4.21 Å². The van der Waals surface area contributed by atoms with Crippen molar-refractivity contribution in [1.82, 2.24) is 9.62 Å². The zero-order valence-electron chi connectivity index (χ0n) is 11.9. The van der Waals surface area contributed by atoms with Crippen molar-refractivity contribution in [2.24, 2.45) is 5.92 Å². The van der Waals surface area contributed by atoms with Crippen LogP contribution < -0.4 is 5.32 Å². The maximum Gasteiger partial charge on any atom is 0.253 e. The predicted octanol–water partition coefficient (Wildman–Crippen LogP) is 2.03. The number of thiophene rings is 1. The number of nitrogens with zero attached hydrogens (tertiary/aromatic N) is 1. The van der Waals surface area contributed by atoms with Gasteiger partial charge in [-0.2, -0.15) is 4.31 Å². The highest BCUT2D eigenvalue weighted by molar-refractivity contribution is 7.91. The molecule has 0 aromatic carbocycles. The summed E-state index contributed by atoms with van der Waals surface area (Å²) >= 11 is 1.35. The van der Waals surface area contributed by atoms with Crippen LogP contribution in [0, 0.1) is 18.3 Å². The summed E-state index contributed by atoms with van der Waals surface area (Å²) in [6.45, 7) is 1.47. The summed E-state index contributed by atoms with van der Waals surface area (Å²) in [5.41, 5.74) is 0. The fraction of sp³-hybridized carbons (Fsp3) is 0.600. The second kappa shape index (κ2) is 6.09. The highest BCUT2D eigenvalue weighted by Crippen LogP contribution is 2.33. The van der Waals surface area contributed by atoms with Crippen molar-refractivity contribution in [1.29, 1.82) is 0 Å². The van der Waals surface area contributed by atoms with Gasteiger partial charge >= 0.3 is 0 Å². The van der Waals surface area contributed by atoms with E-state index in [1.165, 1.54) is 28.5 Å². The molecule has 114 valence electrons. The third-order valence-electron chi connectivity index (χ3n) is 3.80. The average Bonchev–Trinajstić information content (AvgIpc) is 3.37. The van der Waals surface area contributed by atoms with Gasteiger partial charge < -0.3 is 5.32 Å². The third kappa shape index (κ3) is 3.86. The van der Waals surface area contributed by atoms with Gasteiger partial charge in [0, 0.05) is 24.0 Å². The SMILES string of the molecule is C#CCN(CC1CC1)S(=O)(=O)c1ccc(CNC2CC2)s1. The fourth-order valence-corrected chi connectivity index (χ4v) is 5.08. The molecule has 1 heterocycles. The van der Waals surface area contributed by atoms with E-state index in [-0.39, 0.29) is 6.54 Å². The molecule has 4 nitrogen and oxygen atoms in total. The van der Waals surface area contributed by atoms with Gasteiger partial charge in [0.2, 0.25) is 0 Å². The monoisotopic (exact) mass is 324 g/mol. The Balaban J connectivity index is 1.70. The Morgan fingerprint density at radius 1 is 1.33 bits per heavy atom. The lowest BCUT2D eigenvalue weighted by Gasteiger charge is -2.18. The van der Waals surface area contributed by atoms with E-state index in [0.717, 1.165) is 24.3 Å². The predicted molar refractivity (Wildman–Crippen MR) is 84.5 cm³/mol. The Kier molecular flexibility index (Phi) is 4.36. The summed E-state index contributed by atoms with van der Waals surface area (Å²) in [5, 5.41) is 3.40. The highest BCUT2D eigenvalue weighted by atomic mass is 32.2. The Morgan fingerprint density at radius 3 is 2.71 bits per heavy atom. The molecule has 0 atom stereocenters. The van der Waals surface area contributed by atoms with Gasteiger partial charge in [-0.1, -0.05) is 5.92 Å². The van der Waals surface area contributed by atoms with Crippen molar-refractivity contribution in [3.8, 4) is 12.3 Å². The molecule has 1 aromatic rings. The second-order valence-electron chi connectivity index (χ2n) is 5.82. The minimum atomic E-state index is -3.44. The van der Waals surface area contributed by atoms with Crippen LogP contribution in [0.5, 0.6) is 0 Å². The number of sulfonamides is 1. The first-order valence-electron chi connectivity index (χ1n) is 7.35. The normalized spacial score (nSPS) is 18.9. The molecule has 2 fully saturated rings. The zero-order chi connectivity index (χ0) is 14.9. The van der Waals surface area contributed by atoms with Crippen molar-refractivity contribution in [3.05, 3.63) is 17.0 Å². The van der Waals surface area contributed by atoms with Crippen LogP contribution in [-0.2, 0) is 16.6 Å². The summed E-state index contributed by atoms with van der Waals surface area (Å²) in [7, 11) is -3.44. The Bertz CT molecular complexity index is 637.